The number of carbonyl (C=O) groups excluding carboxylic acids is 1. The van der Waals surface area contributed by atoms with Crippen LogP contribution >= 0.6 is 0 Å². The molecule has 0 bridgehead atoms. The number of rotatable bonds is 4. The molecule has 0 aromatic rings. The van der Waals surface area contributed by atoms with Gasteiger partial charge in [-0.25, -0.2) is 0 Å². The van der Waals surface area contributed by atoms with Crippen molar-refractivity contribution in [1.82, 2.24) is 0 Å². The maximum atomic E-state index is 11.2. The SMILES string of the molecule is C=CCCCC1CCOCC1=O. The fourth-order valence-electron chi connectivity index (χ4n) is 1.49. The van der Waals surface area contributed by atoms with Crippen LogP contribution in [0.2, 0.25) is 0 Å². The number of hydrogen-bond acceptors (Lipinski definition) is 2. The number of unbranched alkanes of at least 4 members (excludes halogenated alkanes) is 1. The second-order valence-electron chi connectivity index (χ2n) is 3.22. The Morgan fingerprint density at radius 1 is 1.67 bits per heavy atom. The van der Waals surface area contributed by atoms with E-state index in [1.807, 2.05) is 6.08 Å². The maximum Gasteiger partial charge on any atom is 0.161 e. The molecule has 2 heteroatoms. The molecule has 1 fully saturated rings. The van der Waals surface area contributed by atoms with Gasteiger partial charge in [-0.3, -0.25) is 4.79 Å². The Labute approximate surface area is 73.6 Å². The number of ketones is 1. The topological polar surface area (TPSA) is 26.3 Å². The van der Waals surface area contributed by atoms with Crippen molar-refractivity contribution in [3.8, 4) is 0 Å². The van der Waals surface area contributed by atoms with Gasteiger partial charge in [-0.2, -0.15) is 0 Å². The van der Waals surface area contributed by atoms with Crippen LogP contribution in [0.4, 0.5) is 0 Å². The zero-order valence-electron chi connectivity index (χ0n) is 7.42. The molecule has 1 aliphatic heterocycles. The lowest BCUT2D eigenvalue weighted by molar-refractivity contribution is -0.132. The molecule has 0 aromatic carbocycles. The monoisotopic (exact) mass is 168 g/mol. The molecule has 0 aromatic heterocycles. The summed E-state index contributed by atoms with van der Waals surface area (Å²) in [6, 6.07) is 0. The first-order chi connectivity index (χ1) is 5.84. The summed E-state index contributed by atoms with van der Waals surface area (Å²) in [6.07, 6.45) is 5.93. The van der Waals surface area contributed by atoms with Gasteiger partial charge in [0.05, 0.1) is 0 Å². The van der Waals surface area contributed by atoms with E-state index in [9.17, 15) is 4.79 Å². The zero-order chi connectivity index (χ0) is 8.81. The largest absolute Gasteiger partial charge is 0.374 e. The summed E-state index contributed by atoms with van der Waals surface area (Å²) in [6.45, 7) is 4.74. The molecular weight excluding hydrogens is 152 g/mol. The van der Waals surface area contributed by atoms with E-state index in [-0.39, 0.29) is 11.7 Å². The van der Waals surface area contributed by atoms with Crippen molar-refractivity contribution in [2.45, 2.75) is 25.7 Å². The van der Waals surface area contributed by atoms with Crippen LogP contribution in [0.3, 0.4) is 0 Å². The number of allylic oxidation sites excluding steroid dienone is 1. The van der Waals surface area contributed by atoms with Crippen molar-refractivity contribution < 1.29 is 9.53 Å². The van der Waals surface area contributed by atoms with Crippen LogP contribution in [0.5, 0.6) is 0 Å². The van der Waals surface area contributed by atoms with Gasteiger partial charge in [0.2, 0.25) is 0 Å². The lowest BCUT2D eigenvalue weighted by atomic mass is 9.93. The number of hydrogen-bond donors (Lipinski definition) is 0. The van der Waals surface area contributed by atoms with Crippen molar-refractivity contribution in [3.05, 3.63) is 12.7 Å². The molecule has 0 radical (unpaired) electrons. The standard InChI is InChI=1S/C10H16O2/c1-2-3-4-5-9-6-7-12-8-10(9)11/h2,9H,1,3-8H2. The van der Waals surface area contributed by atoms with Gasteiger partial charge in [-0.1, -0.05) is 6.08 Å². The van der Waals surface area contributed by atoms with E-state index in [4.69, 9.17) is 4.74 Å². The van der Waals surface area contributed by atoms with Crippen LogP contribution in [-0.2, 0) is 9.53 Å². The predicted molar refractivity (Wildman–Crippen MR) is 48.0 cm³/mol. The number of carbonyl (C=O) groups is 1. The minimum Gasteiger partial charge on any atom is -0.374 e. The van der Waals surface area contributed by atoms with Crippen LogP contribution in [0, 0.1) is 5.92 Å². The zero-order valence-corrected chi connectivity index (χ0v) is 7.42. The molecule has 0 saturated carbocycles. The second-order valence-corrected chi connectivity index (χ2v) is 3.22. The highest BCUT2D eigenvalue weighted by molar-refractivity contribution is 5.82. The van der Waals surface area contributed by atoms with Crippen LogP contribution in [0.15, 0.2) is 12.7 Å². The van der Waals surface area contributed by atoms with Gasteiger partial charge in [0.1, 0.15) is 6.61 Å². The summed E-state index contributed by atoms with van der Waals surface area (Å²) in [4.78, 5) is 11.2. The highest BCUT2D eigenvalue weighted by atomic mass is 16.5. The van der Waals surface area contributed by atoms with Gasteiger partial charge < -0.3 is 4.74 Å². The first kappa shape index (κ1) is 9.46. The molecule has 0 aliphatic carbocycles. The van der Waals surface area contributed by atoms with Crippen molar-refractivity contribution in [2.24, 2.45) is 5.92 Å². The van der Waals surface area contributed by atoms with E-state index in [0.29, 0.717) is 6.61 Å². The Morgan fingerprint density at radius 2 is 2.50 bits per heavy atom. The number of ether oxygens (including phenoxy) is 1. The molecule has 1 heterocycles. The predicted octanol–water partition coefficient (Wildman–Crippen LogP) is 1.95. The lowest BCUT2D eigenvalue weighted by Gasteiger charge is -2.20. The first-order valence-electron chi connectivity index (χ1n) is 4.56. The van der Waals surface area contributed by atoms with Gasteiger partial charge in [0.15, 0.2) is 5.78 Å². The van der Waals surface area contributed by atoms with Crippen LogP contribution in [-0.4, -0.2) is 19.0 Å². The number of Topliss-reactive ketones (excluding diaryl/α,β-unsaturated/α-hetero) is 1. The average molecular weight is 168 g/mol. The van der Waals surface area contributed by atoms with E-state index in [1.54, 1.807) is 0 Å². The van der Waals surface area contributed by atoms with E-state index in [0.717, 1.165) is 32.3 Å². The van der Waals surface area contributed by atoms with E-state index < -0.39 is 0 Å². The van der Waals surface area contributed by atoms with Gasteiger partial charge >= 0.3 is 0 Å². The molecule has 2 nitrogen and oxygen atoms in total. The molecule has 0 amide bonds. The maximum absolute atomic E-state index is 11.2. The summed E-state index contributed by atoms with van der Waals surface area (Å²) >= 11 is 0. The average Bonchev–Trinajstić information content (AvgIpc) is 2.09. The fourth-order valence-corrected chi connectivity index (χ4v) is 1.49. The Kier molecular flexibility index (Phi) is 4.01. The third-order valence-corrected chi connectivity index (χ3v) is 2.27. The van der Waals surface area contributed by atoms with Gasteiger partial charge in [0, 0.05) is 12.5 Å². The Balaban J connectivity index is 2.20. The van der Waals surface area contributed by atoms with Gasteiger partial charge in [0.25, 0.3) is 0 Å². The smallest absolute Gasteiger partial charge is 0.161 e. The summed E-state index contributed by atoms with van der Waals surface area (Å²) in [5.74, 6) is 0.545. The van der Waals surface area contributed by atoms with Gasteiger partial charge in [-0.15, -0.1) is 6.58 Å². The molecule has 12 heavy (non-hydrogen) atoms. The Hall–Kier alpha value is -0.630. The highest BCUT2D eigenvalue weighted by Gasteiger charge is 2.21. The molecule has 0 N–H and O–H groups in total. The minimum atomic E-state index is 0.263. The van der Waals surface area contributed by atoms with Crippen LogP contribution < -0.4 is 0 Å². The lowest BCUT2D eigenvalue weighted by Crippen LogP contribution is -2.27. The third kappa shape index (κ3) is 2.78. The highest BCUT2D eigenvalue weighted by Crippen LogP contribution is 2.17. The van der Waals surface area contributed by atoms with Crippen molar-refractivity contribution in [1.29, 1.82) is 0 Å². The van der Waals surface area contributed by atoms with Crippen LogP contribution in [0.25, 0.3) is 0 Å². The van der Waals surface area contributed by atoms with Crippen molar-refractivity contribution >= 4 is 5.78 Å². The molecule has 68 valence electrons. The van der Waals surface area contributed by atoms with E-state index >= 15 is 0 Å². The quantitative estimate of drug-likeness (QED) is 0.473. The summed E-state index contributed by atoms with van der Waals surface area (Å²) < 4.78 is 5.05. The molecule has 0 spiro atoms. The summed E-state index contributed by atoms with van der Waals surface area (Å²) in [7, 11) is 0. The molecule has 1 aliphatic rings. The van der Waals surface area contributed by atoms with E-state index in [2.05, 4.69) is 6.58 Å². The molecular formula is C10H16O2. The summed E-state index contributed by atoms with van der Waals surface area (Å²) in [5, 5.41) is 0. The normalized spacial score (nSPS) is 24.0. The van der Waals surface area contributed by atoms with Crippen molar-refractivity contribution in [2.75, 3.05) is 13.2 Å². The van der Waals surface area contributed by atoms with Crippen LogP contribution in [0.1, 0.15) is 25.7 Å². The minimum absolute atomic E-state index is 0.263. The molecule has 1 rings (SSSR count). The van der Waals surface area contributed by atoms with E-state index in [1.165, 1.54) is 0 Å². The molecule has 1 unspecified atom stereocenters. The first-order valence-corrected chi connectivity index (χ1v) is 4.56. The summed E-state index contributed by atoms with van der Waals surface area (Å²) in [5.41, 5.74) is 0. The Bertz CT molecular complexity index is 163. The molecule has 1 atom stereocenters. The second kappa shape index (κ2) is 5.09. The van der Waals surface area contributed by atoms with Crippen molar-refractivity contribution in [3.63, 3.8) is 0 Å². The van der Waals surface area contributed by atoms with Gasteiger partial charge in [-0.05, 0) is 25.7 Å². The Morgan fingerprint density at radius 3 is 3.17 bits per heavy atom. The third-order valence-electron chi connectivity index (χ3n) is 2.27. The molecule has 1 saturated heterocycles. The fraction of sp³-hybridized carbons (Fsp3) is 0.700.